The summed E-state index contributed by atoms with van der Waals surface area (Å²) >= 11 is 0. The van der Waals surface area contributed by atoms with Gasteiger partial charge in [0, 0.05) is 18.2 Å². The molecule has 0 atom stereocenters. The molecule has 0 radical (unpaired) electrons. The number of rotatable bonds is 6. The highest BCUT2D eigenvalue weighted by atomic mass is 32.2. The molecule has 158 valence electrons. The van der Waals surface area contributed by atoms with Crippen molar-refractivity contribution >= 4 is 9.84 Å². The van der Waals surface area contributed by atoms with E-state index in [1.54, 1.807) is 24.3 Å². The van der Waals surface area contributed by atoms with Crippen LogP contribution in [-0.4, -0.2) is 26.8 Å². The van der Waals surface area contributed by atoms with E-state index in [1.807, 2.05) is 30.3 Å². The summed E-state index contributed by atoms with van der Waals surface area (Å²) in [4.78, 5) is 4.77. The second-order valence-corrected chi connectivity index (χ2v) is 9.08. The van der Waals surface area contributed by atoms with E-state index in [0.29, 0.717) is 35.1 Å². The highest BCUT2D eigenvalue weighted by molar-refractivity contribution is 7.90. The van der Waals surface area contributed by atoms with Gasteiger partial charge in [-0.15, -0.1) is 0 Å². The van der Waals surface area contributed by atoms with Gasteiger partial charge in [-0.3, -0.25) is 0 Å². The molecule has 5 nitrogen and oxygen atoms in total. The van der Waals surface area contributed by atoms with Crippen molar-refractivity contribution in [2.75, 3.05) is 13.4 Å². The lowest BCUT2D eigenvalue weighted by Gasteiger charge is -2.09. The summed E-state index contributed by atoms with van der Waals surface area (Å²) in [7, 11) is -1.88. The monoisotopic (exact) mass is 437 g/mol. The number of sulfone groups is 1. The lowest BCUT2D eigenvalue weighted by atomic mass is 10.0. The molecule has 0 saturated heterocycles. The number of aromatic nitrogens is 1. The van der Waals surface area contributed by atoms with Crippen LogP contribution >= 0.6 is 0 Å². The molecule has 31 heavy (non-hydrogen) atoms. The largest absolute Gasteiger partial charge is 0.496 e. The maximum absolute atomic E-state index is 14.8. The van der Waals surface area contributed by atoms with Gasteiger partial charge in [0.2, 0.25) is 0 Å². The highest BCUT2D eigenvalue weighted by Crippen LogP contribution is 2.39. The van der Waals surface area contributed by atoms with Crippen LogP contribution in [0.25, 0.3) is 22.6 Å². The van der Waals surface area contributed by atoms with Crippen LogP contribution in [0.15, 0.2) is 82.1 Å². The molecule has 0 bridgehead atoms. The van der Waals surface area contributed by atoms with Gasteiger partial charge in [0.05, 0.1) is 17.6 Å². The van der Waals surface area contributed by atoms with Crippen LogP contribution in [-0.2, 0) is 16.3 Å². The van der Waals surface area contributed by atoms with E-state index in [0.717, 1.165) is 11.8 Å². The zero-order chi connectivity index (χ0) is 22.0. The van der Waals surface area contributed by atoms with Gasteiger partial charge in [-0.2, -0.15) is 0 Å². The van der Waals surface area contributed by atoms with E-state index < -0.39 is 15.7 Å². The fourth-order valence-corrected chi connectivity index (χ4v) is 3.96. The Balaban J connectivity index is 1.87. The Hall–Kier alpha value is -3.45. The lowest BCUT2D eigenvalue weighted by Crippen LogP contribution is -1.96. The van der Waals surface area contributed by atoms with Crippen molar-refractivity contribution in [3.05, 3.63) is 90.1 Å². The Morgan fingerprint density at radius 2 is 1.68 bits per heavy atom. The van der Waals surface area contributed by atoms with Gasteiger partial charge in [0.25, 0.3) is 0 Å². The molecule has 0 aliphatic heterocycles. The molecule has 0 aliphatic carbocycles. The molecule has 0 N–H and O–H groups in total. The zero-order valence-corrected chi connectivity index (χ0v) is 17.8. The Morgan fingerprint density at radius 1 is 0.968 bits per heavy atom. The minimum atomic E-state index is -3.34. The predicted molar refractivity (Wildman–Crippen MR) is 116 cm³/mol. The Morgan fingerprint density at radius 3 is 2.32 bits per heavy atom. The molecule has 4 aromatic rings. The summed E-state index contributed by atoms with van der Waals surface area (Å²) in [6, 6.07) is 20.4. The van der Waals surface area contributed by atoms with Crippen LogP contribution in [0.4, 0.5) is 4.39 Å². The Labute approximate surface area is 180 Å². The van der Waals surface area contributed by atoms with Crippen LogP contribution in [0.5, 0.6) is 5.75 Å². The molecule has 7 heteroatoms. The minimum absolute atomic E-state index is 0.185. The first-order chi connectivity index (χ1) is 14.9. The van der Waals surface area contributed by atoms with E-state index in [2.05, 4.69) is 4.98 Å². The average Bonchev–Trinajstić information content (AvgIpc) is 3.16. The van der Waals surface area contributed by atoms with E-state index in [9.17, 15) is 12.8 Å². The van der Waals surface area contributed by atoms with E-state index in [1.165, 1.54) is 25.3 Å². The molecule has 0 spiro atoms. The second-order valence-electron chi connectivity index (χ2n) is 7.06. The van der Waals surface area contributed by atoms with E-state index in [-0.39, 0.29) is 10.5 Å². The van der Waals surface area contributed by atoms with Crippen molar-refractivity contribution in [2.24, 2.45) is 0 Å². The number of hydrogen-bond donors (Lipinski definition) is 0. The Bertz CT molecular complexity index is 1310. The van der Waals surface area contributed by atoms with Crippen molar-refractivity contribution < 1.29 is 22.0 Å². The smallest absolute Gasteiger partial charge is 0.199 e. The number of halogens is 1. The zero-order valence-electron chi connectivity index (χ0n) is 17.0. The van der Waals surface area contributed by atoms with Crippen molar-refractivity contribution in [1.29, 1.82) is 0 Å². The number of nitrogens with zero attached hydrogens (tertiary/aromatic N) is 1. The molecule has 0 amide bonds. The van der Waals surface area contributed by atoms with Crippen LogP contribution in [0.2, 0.25) is 0 Å². The van der Waals surface area contributed by atoms with Crippen molar-refractivity contribution in [1.82, 2.24) is 4.98 Å². The number of benzene rings is 3. The maximum Gasteiger partial charge on any atom is 0.199 e. The first-order valence-electron chi connectivity index (χ1n) is 9.54. The molecule has 1 heterocycles. The van der Waals surface area contributed by atoms with Gasteiger partial charge in [-0.25, -0.2) is 17.8 Å². The normalized spacial score (nSPS) is 11.5. The molecule has 3 aromatic carbocycles. The quantitative estimate of drug-likeness (QED) is 0.417. The molecule has 0 fully saturated rings. The summed E-state index contributed by atoms with van der Waals surface area (Å²) in [5, 5.41) is 0. The summed E-state index contributed by atoms with van der Waals surface area (Å²) in [6.07, 6.45) is 1.57. The molecule has 0 unspecified atom stereocenters. The van der Waals surface area contributed by atoms with Crippen LogP contribution in [0.1, 0.15) is 11.5 Å². The predicted octanol–water partition coefficient (Wildman–Crippen LogP) is 5.15. The number of methoxy groups -OCH3 is 1. The number of hydrogen-bond acceptors (Lipinski definition) is 5. The molecular formula is C24H20FNO4S. The summed E-state index contributed by atoms with van der Waals surface area (Å²) in [5.74, 6) is 0.588. The standard InChI is InChI=1S/C24H20FNO4S/c1-29-20-10-6-9-19(25)22(20)23-24(17-11-13-18(14-12-17)31(2,27)28)30-21(26-23)15-16-7-4-3-5-8-16/h3-14H,15H2,1-2H3. The van der Waals surface area contributed by atoms with Gasteiger partial charge >= 0.3 is 0 Å². The number of oxazole rings is 1. The molecule has 0 saturated carbocycles. The summed E-state index contributed by atoms with van der Waals surface area (Å²) < 4.78 is 49.9. The van der Waals surface area contributed by atoms with Crippen LogP contribution in [0, 0.1) is 5.82 Å². The fourth-order valence-electron chi connectivity index (χ4n) is 3.33. The topological polar surface area (TPSA) is 69.4 Å². The Kier molecular flexibility index (Phi) is 5.61. The average molecular weight is 437 g/mol. The number of ether oxygens (including phenoxy) is 1. The van der Waals surface area contributed by atoms with Crippen molar-refractivity contribution in [3.63, 3.8) is 0 Å². The minimum Gasteiger partial charge on any atom is -0.496 e. The van der Waals surface area contributed by atoms with Gasteiger partial charge in [-0.1, -0.05) is 36.4 Å². The van der Waals surface area contributed by atoms with E-state index in [4.69, 9.17) is 9.15 Å². The van der Waals surface area contributed by atoms with Crippen molar-refractivity contribution in [2.45, 2.75) is 11.3 Å². The third-order valence-corrected chi connectivity index (χ3v) is 5.97. The molecular weight excluding hydrogens is 417 g/mol. The van der Waals surface area contributed by atoms with Gasteiger partial charge in [0.1, 0.15) is 17.3 Å². The van der Waals surface area contributed by atoms with Crippen molar-refractivity contribution in [3.8, 4) is 28.3 Å². The molecule has 0 aliphatic rings. The molecule has 1 aromatic heterocycles. The highest BCUT2D eigenvalue weighted by Gasteiger charge is 2.23. The van der Waals surface area contributed by atoms with E-state index >= 15 is 0 Å². The molecule has 4 rings (SSSR count). The van der Waals surface area contributed by atoms with Crippen LogP contribution in [0.3, 0.4) is 0 Å². The van der Waals surface area contributed by atoms with Gasteiger partial charge < -0.3 is 9.15 Å². The van der Waals surface area contributed by atoms with Gasteiger partial charge in [-0.05, 0) is 42.0 Å². The SMILES string of the molecule is COc1cccc(F)c1-c1nc(Cc2ccccc2)oc1-c1ccc(S(C)(=O)=O)cc1. The third-order valence-electron chi connectivity index (χ3n) is 4.85. The summed E-state index contributed by atoms with van der Waals surface area (Å²) in [5.41, 5.74) is 2.07. The maximum atomic E-state index is 14.8. The lowest BCUT2D eigenvalue weighted by molar-refractivity contribution is 0.413. The second kappa shape index (κ2) is 8.35. The fraction of sp³-hybridized carbons (Fsp3) is 0.125. The first kappa shape index (κ1) is 20.8. The summed E-state index contributed by atoms with van der Waals surface area (Å²) in [6.45, 7) is 0. The van der Waals surface area contributed by atoms with Gasteiger partial charge in [0.15, 0.2) is 21.5 Å². The first-order valence-corrected chi connectivity index (χ1v) is 11.4. The van der Waals surface area contributed by atoms with Crippen LogP contribution < -0.4 is 4.74 Å². The third kappa shape index (κ3) is 4.36.